The topological polar surface area (TPSA) is 37.4 Å². The second-order valence-corrected chi connectivity index (χ2v) is 5.77. The van der Waals surface area contributed by atoms with E-state index in [2.05, 4.69) is 19.9 Å². The minimum absolute atomic E-state index is 0.175. The number of hydrogen-bond acceptors (Lipinski definition) is 2. The molecule has 0 aliphatic carbocycles. The molecule has 0 atom stereocenters. The van der Waals surface area contributed by atoms with Crippen LogP contribution in [0.15, 0.2) is 30.3 Å². The quantitative estimate of drug-likeness (QED) is 0.783. The first-order valence-electron chi connectivity index (χ1n) is 6.87. The van der Waals surface area contributed by atoms with E-state index in [0.717, 1.165) is 22.8 Å². The van der Waals surface area contributed by atoms with E-state index < -0.39 is 0 Å². The summed E-state index contributed by atoms with van der Waals surface area (Å²) in [4.78, 5) is 25.9. The lowest BCUT2D eigenvalue weighted by atomic mass is 9.91. The first-order valence-corrected chi connectivity index (χ1v) is 6.87. The van der Waals surface area contributed by atoms with Crippen molar-refractivity contribution in [1.82, 2.24) is 4.90 Å². The molecule has 3 rings (SSSR count). The van der Waals surface area contributed by atoms with Crippen LogP contribution in [-0.4, -0.2) is 23.8 Å². The third-order valence-electron chi connectivity index (χ3n) is 3.80. The molecule has 20 heavy (non-hydrogen) atoms. The molecule has 1 aliphatic heterocycles. The molecule has 1 heterocycles. The largest absolute Gasteiger partial charge is 0.277 e. The molecule has 0 radical (unpaired) electrons. The third-order valence-corrected chi connectivity index (χ3v) is 3.80. The van der Waals surface area contributed by atoms with Crippen LogP contribution in [0.25, 0.3) is 10.8 Å². The van der Waals surface area contributed by atoms with Crippen molar-refractivity contribution in [2.24, 2.45) is 5.92 Å². The Hall–Kier alpha value is -2.16. The molecule has 0 N–H and O–H groups in total. The average molecular weight is 267 g/mol. The van der Waals surface area contributed by atoms with Gasteiger partial charge in [-0.1, -0.05) is 44.2 Å². The number of fused-ring (bicyclic) bond motifs is 3. The molecule has 2 aromatic rings. The fourth-order valence-corrected chi connectivity index (χ4v) is 2.90. The zero-order valence-corrected chi connectivity index (χ0v) is 11.9. The fourth-order valence-electron chi connectivity index (χ4n) is 2.90. The Morgan fingerprint density at radius 1 is 1.05 bits per heavy atom. The van der Waals surface area contributed by atoms with Crippen molar-refractivity contribution in [2.75, 3.05) is 7.05 Å². The van der Waals surface area contributed by atoms with Crippen molar-refractivity contribution in [1.29, 1.82) is 0 Å². The van der Waals surface area contributed by atoms with Gasteiger partial charge in [0.1, 0.15) is 0 Å². The number of rotatable bonds is 2. The van der Waals surface area contributed by atoms with Gasteiger partial charge in [0, 0.05) is 7.05 Å². The molecular formula is C17H17NO2. The molecule has 0 spiro atoms. The third kappa shape index (κ3) is 1.73. The van der Waals surface area contributed by atoms with Gasteiger partial charge in [0.05, 0.1) is 11.1 Å². The predicted octanol–water partition coefficient (Wildman–Crippen LogP) is 3.26. The number of imide groups is 1. The number of nitrogens with zero attached hydrogens (tertiary/aromatic N) is 1. The zero-order chi connectivity index (χ0) is 14.4. The van der Waals surface area contributed by atoms with Crippen molar-refractivity contribution in [3.8, 4) is 0 Å². The van der Waals surface area contributed by atoms with E-state index in [1.165, 1.54) is 4.90 Å². The molecule has 3 heteroatoms. The van der Waals surface area contributed by atoms with Gasteiger partial charge in [0.2, 0.25) is 0 Å². The van der Waals surface area contributed by atoms with E-state index in [-0.39, 0.29) is 11.8 Å². The van der Waals surface area contributed by atoms with E-state index in [0.29, 0.717) is 17.0 Å². The van der Waals surface area contributed by atoms with Gasteiger partial charge >= 0.3 is 0 Å². The van der Waals surface area contributed by atoms with Crippen molar-refractivity contribution in [3.63, 3.8) is 0 Å². The minimum Gasteiger partial charge on any atom is -0.277 e. The Labute approximate surface area is 118 Å². The Morgan fingerprint density at radius 2 is 1.70 bits per heavy atom. The van der Waals surface area contributed by atoms with E-state index in [9.17, 15) is 9.59 Å². The van der Waals surface area contributed by atoms with E-state index in [4.69, 9.17) is 0 Å². The molecule has 0 saturated carbocycles. The molecule has 0 saturated heterocycles. The predicted molar refractivity (Wildman–Crippen MR) is 78.9 cm³/mol. The Morgan fingerprint density at radius 3 is 2.40 bits per heavy atom. The summed E-state index contributed by atoms with van der Waals surface area (Å²) in [6.45, 7) is 4.24. The van der Waals surface area contributed by atoms with Crippen molar-refractivity contribution in [3.05, 3.63) is 47.0 Å². The van der Waals surface area contributed by atoms with Crippen LogP contribution in [0, 0.1) is 5.92 Å². The van der Waals surface area contributed by atoms with Crippen LogP contribution < -0.4 is 0 Å². The molecule has 0 fully saturated rings. The number of carbonyl (C=O) groups excluding carboxylic acids is 2. The normalized spacial score (nSPS) is 14.5. The number of carbonyl (C=O) groups is 2. The van der Waals surface area contributed by atoms with Crippen LogP contribution >= 0.6 is 0 Å². The van der Waals surface area contributed by atoms with E-state index >= 15 is 0 Å². The summed E-state index contributed by atoms with van der Waals surface area (Å²) in [6, 6.07) is 9.82. The summed E-state index contributed by atoms with van der Waals surface area (Å²) in [5, 5.41) is 1.90. The molecule has 0 bridgehead atoms. The minimum atomic E-state index is -0.188. The van der Waals surface area contributed by atoms with E-state index in [1.807, 2.05) is 24.3 Å². The summed E-state index contributed by atoms with van der Waals surface area (Å²) in [6.07, 6.45) is 0.806. The number of hydrogen-bond donors (Lipinski definition) is 0. The summed E-state index contributed by atoms with van der Waals surface area (Å²) < 4.78 is 0. The lowest BCUT2D eigenvalue weighted by Crippen LogP contribution is -2.24. The maximum Gasteiger partial charge on any atom is 0.261 e. The van der Waals surface area contributed by atoms with Gasteiger partial charge in [-0.05, 0) is 28.7 Å². The highest BCUT2D eigenvalue weighted by Crippen LogP contribution is 2.33. The highest BCUT2D eigenvalue weighted by atomic mass is 16.2. The van der Waals surface area contributed by atoms with Crippen LogP contribution in [0.2, 0.25) is 0 Å². The smallest absolute Gasteiger partial charge is 0.261 e. The molecule has 0 unspecified atom stereocenters. The van der Waals surface area contributed by atoms with Crippen LogP contribution in [0.5, 0.6) is 0 Å². The molecule has 3 nitrogen and oxygen atoms in total. The van der Waals surface area contributed by atoms with Crippen molar-refractivity contribution >= 4 is 22.6 Å². The van der Waals surface area contributed by atoms with Crippen LogP contribution in [-0.2, 0) is 6.42 Å². The maximum absolute atomic E-state index is 12.4. The molecule has 2 amide bonds. The molecule has 2 aromatic carbocycles. The van der Waals surface area contributed by atoms with Gasteiger partial charge in [-0.3, -0.25) is 14.5 Å². The van der Waals surface area contributed by atoms with E-state index in [1.54, 1.807) is 7.05 Å². The van der Waals surface area contributed by atoms with Crippen LogP contribution in [0.1, 0.15) is 40.1 Å². The van der Waals surface area contributed by atoms with Gasteiger partial charge < -0.3 is 0 Å². The summed E-state index contributed by atoms with van der Waals surface area (Å²) in [5.74, 6) is 0.0762. The lowest BCUT2D eigenvalue weighted by Gasteiger charge is -2.11. The summed E-state index contributed by atoms with van der Waals surface area (Å²) in [5.41, 5.74) is 2.16. The molecule has 0 aromatic heterocycles. The Bertz CT molecular complexity index is 731. The van der Waals surface area contributed by atoms with Gasteiger partial charge in [0.25, 0.3) is 11.8 Å². The zero-order valence-electron chi connectivity index (χ0n) is 11.9. The molecule has 102 valence electrons. The fraction of sp³-hybridized carbons (Fsp3) is 0.294. The van der Waals surface area contributed by atoms with Gasteiger partial charge in [-0.15, -0.1) is 0 Å². The van der Waals surface area contributed by atoms with Crippen molar-refractivity contribution < 1.29 is 9.59 Å². The van der Waals surface area contributed by atoms with Crippen molar-refractivity contribution in [2.45, 2.75) is 20.3 Å². The first kappa shape index (κ1) is 12.9. The first-order chi connectivity index (χ1) is 9.50. The SMILES string of the molecule is CC(C)Cc1cc2ccccc2c2c1C(=O)N(C)C2=O. The van der Waals surface area contributed by atoms with Gasteiger partial charge in [-0.25, -0.2) is 0 Å². The van der Waals surface area contributed by atoms with Crippen LogP contribution in [0.4, 0.5) is 0 Å². The highest BCUT2D eigenvalue weighted by Gasteiger charge is 2.36. The number of benzene rings is 2. The Kier molecular flexibility index (Phi) is 2.85. The average Bonchev–Trinajstić information content (AvgIpc) is 2.64. The molecule has 1 aliphatic rings. The summed E-state index contributed by atoms with van der Waals surface area (Å²) >= 11 is 0. The van der Waals surface area contributed by atoms with Gasteiger partial charge in [0.15, 0.2) is 0 Å². The summed E-state index contributed by atoms with van der Waals surface area (Å²) in [7, 11) is 1.55. The molecular weight excluding hydrogens is 250 g/mol. The highest BCUT2D eigenvalue weighted by molar-refractivity contribution is 6.27. The van der Waals surface area contributed by atoms with Gasteiger partial charge in [-0.2, -0.15) is 0 Å². The maximum atomic E-state index is 12.4. The Balaban J connectivity index is 2.37. The monoisotopic (exact) mass is 267 g/mol. The second kappa shape index (κ2) is 4.44. The lowest BCUT2D eigenvalue weighted by molar-refractivity contribution is 0.0693. The second-order valence-electron chi connectivity index (χ2n) is 5.77. The van der Waals surface area contributed by atoms with Crippen LogP contribution in [0.3, 0.4) is 0 Å². The standard InChI is InChI=1S/C17H17NO2/c1-10(2)8-12-9-11-6-4-5-7-13(11)15-14(12)16(19)18(3)17(15)20/h4-7,9-10H,8H2,1-3H3. The number of amides is 2.